The maximum Gasteiger partial charge on any atom is 0.269 e. The molecule has 1 aliphatic heterocycles. The first-order valence-corrected chi connectivity index (χ1v) is 3.76. The van der Waals surface area contributed by atoms with Gasteiger partial charge < -0.3 is 4.90 Å². The Morgan fingerprint density at radius 2 is 2.33 bits per heavy atom. The highest BCUT2D eigenvalue weighted by Crippen LogP contribution is 2.32. The number of hydrogen-bond donors (Lipinski definition) is 0. The summed E-state index contributed by atoms with van der Waals surface area (Å²) in [5.41, 5.74) is 0. The highest BCUT2D eigenvalue weighted by molar-refractivity contribution is 5.87. The second kappa shape index (κ2) is 2.84. The van der Waals surface area contributed by atoms with Crippen molar-refractivity contribution >= 4 is 5.91 Å². The van der Waals surface area contributed by atoms with E-state index in [1.165, 1.54) is 6.92 Å². The van der Waals surface area contributed by atoms with Crippen molar-refractivity contribution in [3.8, 4) is 0 Å². The monoisotopic (exact) mass is 175 g/mol. The van der Waals surface area contributed by atoms with Crippen LogP contribution < -0.4 is 0 Å². The summed E-state index contributed by atoms with van der Waals surface area (Å²) >= 11 is 0. The minimum absolute atomic E-state index is 0.123. The average molecular weight is 175 g/mol. The van der Waals surface area contributed by atoms with Gasteiger partial charge in [-0.2, -0.15) is 0 Å². The van der Waals surface area contributed by atoms with Crippen LogP contribution >= 0.6 is 0 Å². The van der Waals surface area contributed by atoms with Gasteiger partial charge in [0, 0.05) is 12.5 Å². The van der Waals surface area contributed by atoms with Gasteiger partial charge in [-0.05, 0) is 6.08 Å². The molecule has 0 spiro atoms. The van der Waals surface area contributed by atoms with Gasteiger partial charge in [-0.1, -0.05) is 13.5 Å². The van der Waals surface area contributed by atoms with Gasteiger partial charge in [0.2, 0.25) is 5.91 Å². The van der Waals surface area contributed by atoms with Crippen LogP contribution in [-0.4, -0.2) is 29.8 Å². The van der Waals surface area contributed by atoms with Crippen LogP contribution in [0.4, 0.5) is 8.78 Å². The summed E-state index contributed by atoms with van der Waals surface area (Å²) < 4.78 is 25.7. The lowest BCUT2D eigenvalue weighted by Crippen LogP contribution is -2.30. The van der Waals surface area contributed by atoms with Gasteiger partial charge in [0.05, 0.1) is 6.54 Å². The van der Waals surface area contributed by atoms with Crippen LogP contribution in [0.15, 0.2) is 12.7 Å². The molecule has 1 unspecified atom stereocenters. The number of halogens is 2. The summed E-state index contributed by atoms with van der Waals surface area (Å²) in [5.74, 6) is -3.90. The molecule has 1 heterocycles. The molecule has 2 nitrogen and oxygen atoms in total. The van der Waals surface area contributed by atoms with E-state index in [2.05, 4.69) is 6.58 Å². The molecule has 0 saturated carbocycles. The minimum Gasteiger partial charge on any atom is -0.333 e. The van der Waals surface area contributed by atoms with Gasteiger partial charge in [0.25, 0.3) is 5.92 Å². The Balaban J connectivity index is 2.66. The summed E-state index contributed by atoms with van der Waals surface area (Å²) in [4.78, 5) is 12.0. The summed E-state index contributed by atoms with van der Waals surface area (Å²) in [6, 6.07) is 0. The van der Waals surface area contributed by atoms with Crippen LogP contribution in [0.3, 0.4) is 0 Å². The van der Waals surface area contributed by atoms with Gasteiger partial charge in [0.15, 0.2) is 0 Å². The second-order valence-electron chi connectivity index (χ2n) is 3.08. The number of amides is 1. The molecule has 0 aliphatic carbocycles. The van der Waals surface area contributed by atoms with Gasteiger partial charge >= 0.3 is 0 Å². The van der Waals surface area contributed by atoms with Gasteiger partial charge in [-0.15, -0.1) is 0 Å². The molecule has 1 atom stereocenters. The van der Waals surface area contributed by atoms with Crippen molar-refractivity contribution in [1.82, 2.24) is 4.90 Å². The van der Waals surface area contributed by atoms with E-state index < -0.39 is 24.3 Å². The Bertz CT molecular complexity index is 215. The number of nitrogens with zero attached hydrogens (tertiary/aromatic N) is 1. The van der Waals surface area contributed by atoms with Crippen molar-refractivity contribution in [3.05, 3.63) is 12.7 Å². The maximum atomic E-state index is 12.9. The summed E-state index contributed by atoms with van der Waals surface area (Å²) in [5, 5.41) is 0. The zero-order chi connectivity index (χ0) is 9.35. The zero-order valence-electron chi connectivity index (χ0n) is 6.89. The molecular formula is C8H11F2NO. The molecule has 0 aromatic heterocycles. The van der Waals surface area contributed by atoms with E-state index in [1.807, 2.05) is 0 Å². The molecule has 12 heavy (non-hydrogen) atoms. The van der Waals surface area contributed by atoms with Crippen LogP contribution in [0.25, 0.3) is 0 Å². The van der Waals surface area contributed by atoms with Crippen LogP contribution in [0.2, 0.25) is 0 Å². The third-order valence-electron chi connectivity index (χ3n) is 2.10. The number of carbonyl (C=O) groups is 1. The lowest BCUT2D eigenvalue weighted by Gasteiger charge is -2.12. The number of alkyl halides is 2. The summed E-state index contributed by atoms with van der Waals surface area (Å²) in [7, 11) is 0. The normalized spacial score (nSPS) is 27.2. The average Bonchev–Trinajstić information content (AvgIpc) is 2.25. The van der Waals surface area contributed by atoms with Crippen LogP contribution in [0.1, 0.15) is 6.92 Å². The van der Waals surface area contributed by atoms with Crippen molar-refractivity contribution in [3.63, 3.8) is 0 Å². The Hall–Kier alpha value is -0.930. The predicted molar refractivity (Wildman–Crippen MR) is 40.9 cm³/mol. The Morgan fingerprint density at radius 3 is 2.67 bits per heavy atom. The fourth-order valence-electron chi connectivity index (χ4n) is 1.24. The van der Waals surface area contributed by atoms with E-state index in [-0.39, 0.29) is 6.54 Å². The highest BCUT2D eigenvalue weighted by atomic mass is 19.3. The molecule has 0 N–H and O–H groups in total. The van der Waals surface area contributed by atoms with E-state index in [0.29, 0.717) is 0 Å². The smallest absolute Gasteiger partial charge is 0.269 e. The minimum atomic E-state index is -2.74. The lowest BCUT2D eigenvalue weighted by molar-refractivity contribution is -0.126. The largest absolute Gasteiger partial charge is 0.333 e. The Morgan fingerprint density at radius 1 is 1.75 bits per heavy atom. The van der Waals surface area contributed by atoms with E-state index in [1.54, 1.807) is 0 Å². The van der Waals surface area contributed by atoms with Crippen LogP contribution in [0.5, 0.6) is 0 Å². The fraction of sp³-hybridized carbons (Fsp3) is 0.625. The summed E-state index contributed by atoms with van der Waals surface area (Å²) in [6.07, 6.45) is 1.06. The quantitative estimate of drug-likeness (QED) is 0.550. The highest BCUT2D eigenvalue weighted by Gasteiger charge is 2.46. The van der Waals surface area contributed by atoms with Gasteiger partial charge in [0.1, 0.15) is 0 Å². The second-order valence-corrected chi connectivity index (χ2v) is 3.08. The molecule has 0 aromatic rings. The van der Waals surface area contributed by atoms with Crippen molar-refractivity contribution in [2.45, 2.75) is 12.8 Å². The van der Waals surface area contributed by atoms with E-state index >= 15 is 0 Å². The number of carbonyl (C=O) groups excluding carboxylic acids is 1. The Kier molecular flexibility index (Phi) is 2.17. The van der Waals surface area contributed by atoms with E-state index in [0.717, 1.165) is 11.0 Å². The third-order valence-corrected chi connectivity index (χ3v) is 2.10. The fourth-order valence-corrected chi connectivity index (χ4v) is 1.24. The first-order chi connectivity index (χ1) is 5.47. The molecule has 1 amide bonds. The molecule has 4 heteroatoms. The molecule has 1 aliphatic rings. The Labute approximate surface area is 69.9 Å². The number of likely N-dealkylation sites (tertiary alicyclic amines) is 1. The summed E-state index contributed by atoms with van der Waals surface area (Å²) in [6.45, 7) is 4.33. The first kappa shape index (κ1) is 9.16. The van der Waals surface area contributed by atoms with Crippen molar-refractivity contribution in [1.29, 1.82) is 0 Å². The van der Waals surface area contributed by atoms with E-state index in [4.69, 9.17) is 0 Å². The molecule has 0 aromatic carbocycles. The van der Waals surface area contributed by atoms with Crippen LogP contribution in [0, 0.1) is 5.92 Å². The van der Waals surface area contributed by atoms with Crippen molar-refractivity contribution < 1.29 is 13.6 Å². The SMILES string of the molecule is C=CC(=O)N1CC(C)C(F)(F)C1. The molecule has 0 radical (unpaired) electrons. The molecule has 1 saturated heterocycles. The molecule has 68 valence electrons. The topological polar surface area (TPSA) is 20.3 Å². The van der Waals surface area contributed by atoms with Crippen molar-refractivity contribution in [2.75, 3.05) is 13.1 Å². The zero-order valence-corrected chi connectivity index (χ0v) is 6.89. The standard InChI is InChI=1S/C8H11F2NO/c1-3-7(12)11-4-6(2)8(9,10)5-11/h3,6H,1,4-5H2,2H3. The van der Waals surface area contributed by atoms with Crippen LogP contribution in [-0.2, 0) is 4.79 Å². The van der Waals surface area contributed by atoms with Gasteiger partial charge in [-0.25, -0.2) is 8.78 Å². The number of rotatable bonds is 1. The number of hydrogen-bond acceptors (Lipinski definition) is 1. The third kappa shape index (κ3) is 1.47. The molecule has 1 fully saturated rings. The lowest BCUT2D eigenvalue weighted by atomic mass is 10.1. The van der Waals surface area contributed by atoms with Gasteiger partial charge in [-0.3, -0.25) is 4.79 Å². The first-order valence-electron chi connectivity index (χ1n) is 3.76. The van der Waals surface area contributed by atoms with E-state index in [9.17, 15) is 13.6 Å². The predicted octanol–water partition coefficient (Wildman–Crippen LogP) is 1.29. The molecule has 1 rings (SSSR count). The van der Waals surface area contributed by atoms with Crippen molar-refractivity contribution in [2.24, 2.45) is 5.92 Å². The molecular weight excluding hydrogens is 164 g/mol. The maximum absolute atomic E-state index is 12.9. The molecule has 0 bridgehead atoms.